The summed E-state index contributed by atoms with van der Waals surface area (Å²) in [5, 5.41) is 20.3. The fourth-order valence-corrected chi connectivity index (χ4v) is 2.90. The van der Waals surface area contributed by atoms with Gasteiger partial charge in [0.1, 0.15) is 11.5 Å². The standard InChI is InChI=1S/C14H15NO3/c1-15-11-6-8(16)7-12(17)13(11)9-4-2-3-5-10(9)14(15)18/h6-7,16-17H,2-5H2,1H3. The second kappa shape index (κ2) is 3.77. The Kier molecular flexibility index (Phi) is 2.33. The molecule has 0 amide bonds. The van der Waals surface area contributed by atoms with Crippen LogP contribution in [0.4, 0.5) is 0 Å². The van der Waals surface area contributed by atoms with Crippen molar-refractivity contribution in [1.29, 1.82) is 0 Å². The molecule has 94 valence electrons. The minimum absolute atomic E-state index is 0.0119. The van der Waals surface area contributed by atoms with E-state index in [1.54, 1.807) is 7.05 Å². The third-order valence-corrected chi connectivity index (χ3v) is 3.78. The maximum atomic E-state index is 12.2. The Balaban J connectivity index is 2.54. The molecule has 1 aliphatic carbocycles. The van der Waals surface area contributed by atoms with Crippen LogP contribution >= 0.6 is 0 Å². The lowest BCUT2D eigenvalue weighted by atomic mass is 9.89. The van der Waals surface area contributed by atoms with Crippen LogP contribution in [0.15, 0.2) is 16.9 Å². The van der Waals surface area contributed by atoms with E-state index < -0.39 is 0 Å². The Hall–Kier alpha value is -1.97. The van der Waals surface area contributed by atoms with Crippen LogP contribution in [0.25, 0.3) is 10.9 Å². The summed E-state index contributed by atoms with van der Waals surface area (Å²) < 4.78 is 1.51. The molecule has 3 rings (SSSR count). The second-order valence-electron chi connectivity index (χ2n) is 4.89. The molecule has 4 nitrogen and oxygen atoms in total. The van der Waals surface area contributed by atoms with Gasteiger partial charge in [-0.25, -0.2) is 0 Å². The monoisotopic (exact) mass is 245 g/mol. The Morgan fingerprint density at radius 2 is 1.78 bits per heavy atom. The van der Waals surface area contributed by atoms with Gasteiger partial charge in [-0.2, -0.15) is 0 Å². The van der Waals surface area contributed by atoms with Crippen LogP contribution in [0.3, 0.4) is 0 Å². The van der Waals surface area contributed by atoms with Crippen molar-refractivity contribution in [2.75, 3.05) is 0 Å². The maximum absolute atomic E-state index is 12.2. The van der Waals surface area contributed by atoms with Crippen molar-refractivity contribution in [3.63, 3.8) is 0 Å². The second-order valence-corrected chi connectivity index (χ2v) is 4.89. The first-order valence-electron chi connectivity index (χ1n) is 6.16. The molecule has 0 fully saturated rings. The molecule has 18 heavy (non-hydrogen) atoms. The summed E-state index contributed by atoms with van der Waals surface area (Å²) in [4.78, 5) is 12.2. The van der Waals surface area contributed by atoms with Crippen molar-refractivity contribution in [3.8, 4) is 11.5 Å². The Morgan fingerprint density at radius 3 is 2.50 bits per heavy atom. The zero-order valence-corrected chi connectivity index (χ0v) is 10.2. The highest BCUT2D eigenvalue weighted by Gasteiger charge is 2.20. The number of hydrogen-bond acceptors (Lipinski definition) is 3. The number of phenolic OH excluding ortho intramolecular Hbond substituents is 2. The van der Waals surface area contributed by atoms with E-state index in [9.17, 15) is 15.0 Å². The van der Waals surface area contributed by atoms with Crippen LogP contribution in [0, 0.1) is 0 Å². The minimum atomic E-state index is -0.0224. The molecule has 0 aliphatic heterocycles. The average molecular weight is 245 g/mol. The van der Waals surface area contributed by atoms with Gasteiger partial charge in [0.25, 0.3) is 5.56 Å². The number of aromatic hydroxyl groups is 2. The Labute approximate surface area is 104 Å². The normalized spacial score (nSPS) is 14.7. The van der Waals surface area contributed by atoms with Gasteiger partial charge in [0.05, 0.1) is 5.52 Å². The zero-order valence-electron chi connectivity index (χ0n) is 10.2. The minimum Gasteiger partial charge on any atom is -0.508 e. The average Bonchev–Trinajstić information content (AvgIpc) is 2.35. The number of pyridine rings is 1. The molecular formula is C14H15NO3. The molecule has 0 unspecified atom stereocenters. The van der Waals surface area contributed by atoms with Gasteiger partial charge in [-0.15, -0.1) is 0 Å². The predicted molar refractivity (Wildman–Crippen MR) is 69.2 cm³/mol. The number of phenols is 2. The van der Waals surface area contributed by atoms with E-state index in [0.29, 0.717) is 10.9 Å². The molecule has 0 spiro atoms. The third-order valence-electron chi connectivity index (χ3n) is 3.78. The number of benzene rings is 1. The molecule has 0 saturated heterocycles. The summed E-state index contributed by atoms with van der Waals surface area (Å²) >= 11 is 0. The van der Waals surface area contributed by atoms with Crippen LogP contribution in [-0.4, -0.2) is 14.8 Å². The molecule has 1 aromatic carbocycles. The number of fused-ring (bicyclic) bond motifs is 3. The maximum Gasteiger partial charge on any atom is 0.254 e. The molecule has 0 bridgehead atoms. The van der Waals surface area contributed by atoms with E-state index in [-0.39, 0.29) is 17.1 Å². The van der Waals surface area contributed by atoms with Gasteiger partial charge in [-0.1, -0.05) is 0 Å². The van der Waals surface area contributed by atoms with Crippen molar-refractivity contribution in [2.24, 2.45) is 7.05 Å². The molecule has 0 atom stereocenters. The molecule has 2 aromatic rings. The number of hydrogen-bond donors (Lipinski definition) is 2. The molecule has 1 heterocycles. The summed E-state index contributed by atoms with van der Waals surface area (Å²) in [6.45, 7) is 0. The van der Waals surface area contributed by atoms with Gasteiger partial charge in [0.15, 0.2) is 0 Å². The van der Waals surface area contributed by atoms with Gasteiger partial charge in [-0.05, 0) is 31.2 Å². The first-order valence-corrected chi connectivity index (χ1v) is 6.16. The molecule has 0 saturated carbocycles. The van der Waals surface area contributed by atoms with Gasteiger partial charge in [-0.3, -0.25) is 4.79 Å². The molecule has 1 aliphatic rings. The highest BCUT2D eigenvalue weighted by Crippen LogP contribution is 2.35. The van der Waals surface area contributed by atoms with Crippen molar-refractivity contribution in [2.45, 2.75) is 25.7 Å². The first kappa shape index (κ1) is 11.1. The van der Waals surface area contributed by atoms with Crippen LogP contribution in [0.2, 0.25) is 0 Å². The fraction of sp³-hybridized carbons (Fsp3) is 0.357. The predicted octanol–water partition coefficient (Wildman–Crippen LogP) is 1.83. The SMILES string of the molecule is Cn1c(=O)c2c(c3c(O)cc(O)cc31)CCCC2. The summed E-state index contributed by atoms with van der Waals surface area (Å²) in [5.74, 6) is 0.0320. The van der Waals surface area contributed by atoms with E-state index in [2.05, 4.69) is 0 Å². The van der Waals surface area contributed by atoms with Crippen LogP contribution < -0.4 is 5.56 Å². The van der Waals surface area contributed by atoms with Gasteiger partial charge >= 0.3 is 0 Å². The van der Waals surface area contributed by atoms with Crippen LogP contribution in [0.5, 0.6) is 11.5 Å². The zero-order chi connectivity index (χ0) is 12.9. The van der Waals surface area contributed by atoms with E-state index in [4.69, 9.17) is 0 Å². The van der Waals surface area contributed by atoms with E-state index in [1.807, 2.05) is 0 Å². The third kappa shape index (κ3) is 1.41. The Bertz CT molecular complexity index is 700. The molecule has 4 heteroatoms. The molecular weight excluding hydrogens is 230 g/mol. The largest absolute Gasteiger partial charge is 0.508 e. The number of nitrogens with zero attached hydrogens (tertiary/aromatic N) is 1. The topological polar surface area (TPSA) is 62.5 Å². The fourth-order valence-electron chi connectivity index (χ4n) is 2.90. The molecule has 0 radical (unpaired) electrons. The Morgan fingerprint density at radius 1 is 1.11 bits per heavy atom. The van der Waals surface area contributed by atoms with Gasteiger partial charge < -0.3 is 14.8 Å². The molecule has 2 N–H and O–H groups in total. The van der Waals surface area contributed by atoms with Crippen molar-refractivity contribution in [3.05, 3.63) is 33.6 Å². The summed E-state index contributed by atoms with van der Waals surface area (Å²) in [7, 11) is 1.68. The first-order chi connectivity index (χ1) is 8.59. The highest BCUT2D eigenvalue weighted by atomic mass is 16.3. The van der Waals surface area contributed by atoms with Gasteiger partial charge in [0.2, 0.25) is 0 Å². The van der Waals surface area contributed by atoms with Crippen molar-refractivity contribution >= 4 is 10.9 Å². The van der Waals surface area contributed by atoms with Crippen molar-refractivity contribution < 1.29 is 10.2 Å². The van der Waals surface area contributed by atoms with Crippen LogP contribution in [-0.2, 0) is 19.9 Å². The quantitative estimate of drug-likeness (QED) is 0.744. The highest BCUT2D eigenvalue weighted by molar-refractivity contribution is 5.90. The van der Waals surface area contributed by atoms with E-state index in [0.717, 1.165) is 36.8 Å². The van der Waals surface area contributed by atoms with Crippen LogP contribution in [0.1, 0.15) is 24.0 Å². The summed E-state index contributed by atoms with van der Waals surface area (Å²) in [6.07, 6.45) is 3.65. The summed E-state index contributed by atoms with van der Waals surface area (Å²) in [6, 6.07) is 2.87. The lowest BCUT2D eigenvalue weighted by Crippen LogP contribution is -2.25. The number of aromatic nitrogens is 1. The molecule has 1 aromatic heterocycles. The lowest BCUT2D eigenvalue weighted by molar-refractivity contribution is 0.454. The lowest BCUT2D eigenvalue weighted by Gasteiger charge is -2.20. The van der Waals surface area contributed by atoms with Crippen molar-refractivity contribution in [1.82, 2.24) is 4.57 Å². The smallest absolute Gasteiger partial charge is 0.254 e. The van der Waals surface area contributed by atoms with E-state index >= 15 is 0 Å². The number of rotatable bonds is 0. The van der Waals surface area contributed by atoms with Gasteiger partial charge in [0, 0.05) is 30.1 Å². The van der Waals surface area contributed by atoms with E-state index in [1.165, 1.54) is 16.7 Å². The number of aryl methyl sites for hydroxylation is 2. The summed E-state index contributed by atoms with van der Waals surface area (Å²) in [5.41, 5.74) is 2.36.